The van der Waals surface area contributed by atoms with Crippen molar-refractivity contribution in [3.63, 3.8) is 0 Å². The Labute approximate surface area is 98.4 Å². The van der Waals surface area contributed by atoms with Gasteiger partial charge in [0.25, 0.3) is 0 Å². The van der Waals surface area contributed by atoms with Crippen LogP contribution >= 0.6 is 0 Å². The Morgan fingerprint density at radius 3 is 2.88 bits per heavy atom. The maximum Gasteiger partial charge on any atom is 0.247 e. The van der Waals surface area contributed by atoms with Gasteiger partial charge in [-0.2, -0.15) is 0 Å². The van der Waals surface area contributed by atoms with E-state index in [0.717, 1.165) is 22.2 Å². The molecule has 2 heterocycles. The summed E-state index contributed by atoms with van der Waals surface area (Å²) in [4.78, 5) is 19.8. The summed E-state index contributed by atoms with van der Waals surface area (Å²) >= 11 is 0. The number of nitrogens with zero attached hydrogens (tertiary/aromatic N) is 2. The van der Waals surface area contributed by atoms with E-state index in [9.17, 15) is 4.79 Å². The number of benzene rings is 1. The van der Waals surface area contributed by atoms with Gasteiger partial charge < -0.3 is 5.32 Å². The molecule has 1 N–H and O–H groups in total. The lowest BCUT2D eigenvalue weighted by molar-refractivity contribution is -0.117. The van der Waals surface area contributed by atoms with Gasteiger partial charge in [0.15, 0.2) is 5.84 Å². The summed E-state index contributed by atoms with van der Waals surface area (Å²) in [7, 11) is 0. The molecule has 17 heavy (non-hydrogen) atoms. The summed E-state index contributed by atoms with van der Waals surface area (Å²) in [5, 5.41) is 3.84. The van der Waals surface area contributed by atoms with E-state index in [1.807, 2.05) is 37.3 Å². The zero-order chi connectivity index (χ0) is 11.8. The quantitative estimate of drug-likeness (QED) is 0.798. The summed E-state index contributed by atoms with van der Waals surface area (Å²) in [6, 6.07) is 9.89. The molecule has 84 valence electrons. The smallest absolute Gasteiger partial charge is 0.247 e. The fourth-order valence-electron chi connectivity index (χ4n) is 1.98. The highest BCUT2D eigenvalue weighted by atomic mass is 16.2. The lowest BCUT2D eigenvalue weighted by Crippen LogP contribution is -2.26. The van der Waals surface area contributed by atoms with Crippen molar-refractivity contribution in [1.29, 1.82) is 0 Å². The van der Waals surface area contributed by atoms with Crippen LogP contribution in [0.3, 0.4) is 0 Å². The first-order valence-corrected chi connectivity index (χ1v) is 5.45. The molecule has 0 aliphatic carbocycles. The number of aliphatic imine (C=N–C) groups is 1. The van der Waals surface area contributed by atoms with E-state index in [2.05, 4.69) is 15.3 Å². The number of rotatable bonds is 1. The van der Waals surface area contributed by atoms with E-state index < -0.39 is 0 Å². The second kappa shape index (κ2) is 3.66. The molecule has 0 bridgehead atoms. The van der Waals surface area contributed by atoms with Crippen LogP contribution in [0.1, 0.15) is 11.3 Å². The Balaban J connectivity index is 2.16. The van der Waals surface area contributed by atoms with E-state index in [0.29, 0.717) is 5.84 Å². The van der Waals surface area contributed by atoms with Gasteiger partial charge >= 0.3 is 0 Å². The number of nitrogens with one attached hydrogen (secondary N) is 1. The zero-order valence-electron chi connectivity index (χ0n) is 9.40. The van der Waals surface area contributed by atoms with Gasteiger partial charge in [-0.25, -0.2) is 4.98 Å². The maximum absolute atomic E-state index is 11.1. The fourth-order valence-corrected chi connectivity index (χ4v) is 1.98. The number of amidine groups is 1. The number of aryl methyl sites for hydroxylation is 1. The Morgan fingerprint density at radius 1 is 1.29 bits per heavy atom. The van der Waals surface area contributed by atoms with Crippen LogP contribution in [0.25, 0.3) is 10.9 Å². The first kappa shape index (κ1) is 9.96. The van der Waals surface area contributed by atoms with E-state index in [4.69, 9.17) is 0 Å². The Bertz CT molecular complexity index is 646. The lowest BCUT2D eigenvalue weighted by atomic mass is 10.1. The molecule has 0 saturated heterocycles. The van der Waals surface area contributed by atoms with Gasteiger partial charge in [-0.05, 0) is 24.6 Å². The number of fused-ring (bicyclic) bond motifs is 1. The lowest BCUT2D eigenvalue weighted by Gasteiger charge is -2.06. The van der Waals surface area contributed by atoms with Crippen LogP contribution in [0.5, 0.6) is 0 Å². The van der Waals surface area contributed by atoms with E-state index in [1.54, 1.807) is 0 Å². The number of carbonyl (C=O) groups is 1. The van der Waals surface area contributed by atoms with Gasteiger partial charge in [0, 0.05) is 5.39 Å². The predicted octanol–water partition coefficient (Wildman–Crippen LogP) is 1.42. The molecule has 3 rings (SSSR count). The van der Waals surface area contributed by atoms with Crippen molar-refractivity contribution in [3.05, 3.63) is 41.6 Å². The molecule has 2 aromatic rings. The molecule has 4 nitrogen and oxygen atoms in total. The third-order valence-electron chi connectivity index (χ3n) is 2.80. The number of hydrogen-bond acceptors (Lipinski definition) is 3. The standard InChI is InChI=1S/C13H11N3O/c1-8-6-11(13-14-7-12(17)16-13)15-10-5-3-2-4-9(8)10/h2-6H,7H2,1H3,(H,14,16,17). The third-order valence-corrected chi connectivity index (χ3v) is 2.80. The van der Waals surface area contributed by atoms with Crippen molar-refractivity contribution < 1.29 is 4.79 Å². The summed E-state index contributed by atoms with van der Waals surface area (Å²) < 4.78 is 0. The molecule has 4 heteroatoms. The van der Waals surface area contributed by atoms with Crippen molar-refractivity contribution in [1.82, 2.24) is 10.3 Å². The molecule has 1 aromatic heterocycles. The molecule has 0 unspecified atom stereocenters. The van der Waals surface area contributed by atoms with Crippen LogP contribution in [-0.2, 0) is 4.79 Å². The largest absolute Gasteiger partial charge is 0.308 e. The van der Waals surface area contributed by atoms with Crippen molar-refractivity contribution >= 4 is 22.6 Å². The number of hydrogen-bond donors (Lipinski definition) is 1. The summed E-state index contributed by atoms with van der Waals surface area (Å²) in [6.45, 7) is 2.23. The number of para-hydroxylation sites is 1. The van der Waals surface area contributed by atoms with Crippen LogP contribution in [0.15, 0.2) is 35.3 Å². The molecule has 0 fully saturated rings. The van der Waals surface area contributed by atoms with Crippen molar-refractivity contribution in [2.24, 2.45) is 4.99 Å². The predicted molar refractivity (Wildman–Crippen MR) is 66.0 cm³/mol. The van der Waals surface area contributed by atoms with Gasteiger partial charge in [-0.15, -0.1) is 0 Å². The number of aromatic nitrogens is 1. The number of amides is 1. The minimum Gasteiger partial charge on any atom is -0.308 e. The van der Waals surface area contributed by atoms with Gasteiger partial charge in [0.1, 0.15) is 12.2 Å². The zero-order valence-corrected chi connectivity index (χ0v) is 9.40. The highest BCUT2D eigenvalue weighted by molar-refractivity contribution is 6.12. The molecule has 0 radical (unpaired) electrons. The summed E-state index contributed by atoms with van der Waals surface area (Å²) in [5.41, 5.74) is 2.79. The minimum atomic E-state index is -0.0763. The van der Waals surface area contributed by atoms with Crippen LogP contribution in [-0.4, -0.2) is 23.3 Å². The second-order valence-corrected chi connectivity index (χ2v) is 4.05. The number of pyridine rings is 1. The molecule has 0 saturated carbocycles. The highest BCUT2D eigenvalue weighted by Crippen LogP contribution is 2.17. The molecular weight excluding hydrogens is 214 g/mol. The Morgan fingerprint density at radius 2 is 2.12 bits per heavy atom. The molecule has 1 aromatic carbocycles. The maximum atomic E-state index is 11.1. The molecule has 1 aliphatic rings. The van der Waals surface area contributed by atoms with Gasteiger partial charge in [0.05, 0.1) is 5.52 Å². The first-order valence-electron chi connectivity index (χ1n) is 5.45. The molecule has 0 spiro atoms. The molecular formula is C13H11N3O. The van der Waals surface area contributed by atoms with Crippen LogP contribution < -0.4 is 5.32 Å². The second-order valence-electron chi connectivity index (χ2n) is 4.05. The van der Waals surface area contributed by atoms with Crippen molar-refractivity contribution in [2.75, 3.05) is 6.54 Å². The van der Waals surface area contributed by atoms with Gasteiger partial charge in [-0.3, -0.25) is 9.79 Å². The fraction of sp³-hybridized carbons (Fsp3) is 0.154. The highest BCUT2D eigenvalue weighted by Gasteiger charge is 2.16. The SMILES string of the molecule is Cc1cc(C2=NCC(=O)N2)nc2ccccc12. The first-order chi connectivity index (χ1) is 8.24. The van der Waals surface area contributed by atoms with E-state index in [-0.39, 0.29) is 12.5 Å². The molecule has 0 atom stereocenters. The van der Waals surface area contributed by atoms with Crippen LogP contribution in [0.4, 0.5) is 0 Å². The van der Waals surface area contributed by atoms with Crippen molar-refractivity contribution in [3.8, 4) is 0 Å². The number of carbonyl (C=O) groups excluding carboxylic acids is 1. The Kier molecular flexibility index (Phi) is 2.14. The average molecular weight is 225 g/mol. The normalized spacial score (nSPS) is 14.9. The molecule has 1 aliphatic heterocycles. The van der Waals surface area contributed by atoms with Crippen LogP contribution in [0, 0.1) is 6.92 Å². The third kappa shape index (κ3) is 1.67. The van der Waals surface area contributed by atoms with Gasteiger partial charge in [0.2, 0.25) is 5.91 Å². The average Bonchev–Trinajstić information content (AvgIpc) is 2.76. The monoisotopic (exact) mass is 225 g/mol. The summed E-state index contributed by atoms with van der Waals surface area (Å²) in [5.74, 6) is 0.497. The summed E-state index contributed by atoms with van der Waals surface area (Å²) in [6.07, 6.45) is 0. The van der Waals surface area contributed by atoms with E-state index in [1.165, 1.54) is 0 Å². The Hall–Kier alpha value is -2.23. The van der Waals surface area contributed by atoms with Gasteiger partial charge in [-0.1, -0.05) is 18.2 Å². The molecule has 1 amide bonds. The van der Waals surface area contributed by atoms with Crippen LogP contribution in [0.2, 0.25) is 0 Å². The van der Waals surface area contributed by atoms with Crippen molar-refractivity contribution in [2.45, 2.75) is 6.92 Å². The minimum absolute atomic E-state index is 0.0763. The van der Waals surface area contributed by atoms with E-state index >= 15 is 0 Å². The topological polar surface area (TPSA) is 54.4 Å².